The Morgan fingerprint density at radius 3 is 2.96 bits per heavy atom. The van der Waals surface area contributed by atoms with Crippen molar-refractivity contribution in [3.63, 3.8) is 0 Å². The number of carbonyl (C=O) groups is 1. The van der Waals surface area contributed by atoms with Crippen LogP contribution in [0, 0.1) is 13.8 Å². The zero-order valence-electron chi connectivity index (χ0n) is 14.2. The van der Waals surface area contributed by atoms with Gasteiger partial charge in [-0.3, -0.25) is 14.2 Å². The molecule has 1 N–H and O–H groups in total. The Labute approximate surface area is 140 Å². The van der Waals surface area contributed by atoms with E-state index in [0.717, 1.165) is 17.9 Å². The number of nitrogens with zero attached hydrogens (tertiary/aromatic N) is 4. The number of aromatic nitrogens is 4. The lowest BCUT2D eigenvalue weighted by atomic mass is 10.2. The number of hydrogen-bond donors (Lipinski definition) is 1. The molecule has 2 aromatic heterocycles. The van der Waals surface area contributed by atoms with E-state index in [1.165, 1.54) is 0 Å². The minimum Gasteiger partial charge on any atom is -0.482 e. The van der Waals surface area contributed by atoms with Crippen molar-refractivity contribution < 1.29 is 14.3 Å². The van der Waals surface area contributed by atoms with Gasteiger partial charge in [-0.2, -0.15) is 10.2 Å². The fourth-order valence-electron chi connectivity index (χ4n) is 2.76. The first-order valence-corrected chi connectivity index (χ1v) is 8.12. The van der Waals surface area contributed by atoms with Crippen LogP contribution in [0.25, 0.3) is 0 Å². The Bertz CT molecular complexity index is 708. The molecular weight excluding hydrogens is 310 g/mol. The largest absolute Gasteiger partial charge is 0.482 e. The highest BCUT2D eigenvalue weighted by molar-refractivity contribution is 5.76. The van der Waals surface area contributed by atoms with Crippen LogP contribution in [0.5, 0.6) is 5.75 Å². The van der Waals surface area contributed by atoms with Gasteiger partial charge in [-0.15, -0.1) is 0 Å². The Morgan fingerprint density at radius 2 is 2.29 bits per heavy atom. The van der Waals surface area contributed by atoms with Crippen LogP contribution in [0.3, 0.4) is 0 Å². The van der Waals surface area contributed by atoms with Crippen molar-refractivity contribution in [2.24, 2.45) is 0 Å². The zero-order valence-corrected chi connectivity index (χ0v) is 14.2. The molecular formula is C16H23N5O3. The summed E-state index contributed by atoms with van der Waals surface area (Å²) in [6.07, 6.45) is 3.30. The van der Waals surface area contributed by atoms with Crippen molar-refractivity contribution >= 4 is 5.91 Å². The molecule has 0 unspecified atom stereocenters. The first-order valence-electron chi connectivity index (χ1n) is 8.12. The van der Waals surface area contributed by atoms with Gasteiger partial charge >= 0.3 is 0 Å². The van der Waals surface area contributed by atoms with Gasteiger partial charge in [0.25, 0.3) is 0 Å². The summed E-state index contributed by atoms with van der Waals surface area (Å²) in [6.45, 7) is 7.72. The highest BCUT2D eigenvalue weighted by Crippen LogP contribution is 2.16. The number of rotatable bonds is 6. The van der Waals surface area contributed by atoms with Gasteiger partial charge in [0.15, 0.2) is 5.75 Å². The van der Waals surface area contributed by atoms with Crippen LogP contribution in [0.15, 0.2) is 18.5 Å². The summed E-state index contributed by atoms with van der Waals surface area (Å²) in [5.41, 5.74) is 1.86. The average molecular weight is 333 g/mol. The van der Waals surface area contributed by atoms with Crippen LogP contribution in [0.4, 0.5) is 0 Å². The molecule has 0 spiro atoms. The van der Waals surface area contributed by atoms with E-state index in [1.54, 1.807) is 15.6 Å². The first kappa shape index (κ1) is 16.5. The molecule has 0 aliphatic carbocycles. The molecule has 1 aliphatic rings. The summed E-state index contributed by atoms with van der Waals surface area (Å²) in [7, 11) is 0. The highest BCUT2D eigenvalue weighted by Gasteiger charge is 2.31. The Kier molecular flexibility index (Phi) is 4.84. The van der Waals surface area contributed by atoms with Crippen molar-refractivity contribution in [2.75, 3.05) is 13.2 Å². The van der Waals surface area contributed by atoms with E-state index in [9.17, 15) is 4.79 Å². The summed E-state index contributed by atoms with van der Waals surface area (Å²) >= 11 is 0. The molecule has 8 heteroatoms. The third-order valence-electron chi connectivity index (χ3n) is 3.99. The number of ether oxygens (including phenoxy) is 2. The lowest BCUT2D eigenvalue weighted by Gasteiger charge is -2.19. The van der Waals surface area contributed by atoms with Crippen LogP contribution in [0.2, 0.25) is 0 Å². The highest BCUT2D eigenvalue weighted by atomic mass is 16.5. The number of nitrogens with one attached hydrogen (secondary N) is 1. The molecule has 1 amide bonds. The summed E-state index contributed by atoms with van der Waals surface area (Å²) in [5.74, 6) is 0.583. The third kappa shape index (κ3) is 3.76. The SMILES string of the molecule is CCn1cc(O[C@@H]2COC[C@@H]2NC(=O)Cn2nc(C)cc2C)cn1. The molecule has 3 heterocycles. The van der Waals surface area contributed by atoms with Crippen LogP contribution < -0.4 is 10.1 Å². The Morgan fingerprint density at radius 1 is 1.46 bits per heavy atom. The molecule has 3 rings (SSSR count). The van der Waals surface area contributed by atoms with E-state index in [0.29, 0.717) is 19.0 Å². The molecule has 1 fully saturated rings. The summed E-state index contributed by atoms with van der Waals surface area (Å²) in [5, 5.41) is 11.5. The van der Waals surface area contributed by atoms with Crippen LogP contribution in [-0.4, -0.2) is 50.8 Å². The van der Waals surface area contributed by atoms with Gasteiger partial charge in [0.2, 0.25) is 5.91 Å². The first-order chi connectivity index (χ1) is 11.5. The number of carbonyl (C=O) groups excluding carboxylic acids is 1. The Balaban J connectivity index is 1.57. The van der Waals surface area contributed by atoms with E-state index < -0.39 is 0 Å². The summed E-state index contributed by atoms with van der Waals surface area (Å²) in [4.78, 5) is 12.3. The van der Waals surface area contributed by atoms with Gasteiger partial charge < -0.3 is 14.8 Å². The van der Waals surface area contributed by atoms with E-state index >= 15 is 0 Å². The maximum absolute atomic E-state index is 12.3. The maximum atomic E-state index is 12.3. The molecule has 8 nitrogen and oxygen atoms in total. The van der Waals surface area contributed by atoms with Gasteiger partial charge in [0.05, 0.1) is 37.3 Å². The van der Waals surface area contributed by atoms with Crippen molar-refractivity contribution in [3.05, 3.63) is 29.8 Å². The minimum atomic E-state index is -0.219. The molecule has 0 aromatic carbocycles. The van der Waals surface area contributed by atoms with Crippen molar-refractivity contribution in [1.82, 2.24) is 24.9 Å². The third-order valence-corrected chi connectivity index (χ3v) is 3.99. The molecule has 130 valence electrons. The molecule has 24 heavy (non-hydrogen) atoms. The zero-order chi connectivity index (χ0) is 17.1. The van der Waals surface area contributed by atoms with Gasteiger partial charge in [-0.05, 0) is 26.8 Å². The van der Waals surface area contributed by atoms with Crippen molar-refractivity contribution in [2.45, 2.75) is 46.0 Å². The predicted molar refractivity (Wildman–Crippen MR) is 86.8 cm³/mol. The smallest absolute Gasteiger partial charge is 0.242 e. The molecule has 0 saturated carbocycles. The average Bonchev–Trinajstić information content (AvgIpc) is 3.23. The lowest BCUT2D eigenvalue weighted by Crippen LogP contribution is -2.46. The number of aryl methyl sites for hydroxylation is 3. The van der Waals surface area contributed by atoms with E-state index in [-0.39, 0.29) is 24.6 Å². The molecule has 0 radical (unpaired) electrons. The predicted octanol–water partition coefficient (Wildman–Crippen LogP) is 0.679. The van der Waals surface area contributed by atoms with Crippen LogP contribution in [-0.2, 0) is 22.6 Å². The lowest BCUT2D eigenvalue weighted by molar-refractivity contribution is -0.123. The van der Waals surface area contributed by atoms with Gasteiger partial charge in [0.1, 0.15) is 12.6 Å². The minimum absolute atomic E-state index is 0.102. The van der Waals surface area contributed by atoms with E-state index in [1.807, 2.05) is 33.0 Å². The quantitative estimate of drug-likeness (QED) is 0.840. The standard InChI is InChI=1S/C16H23N5O3/c1-4-20-7-13(6-17-20)24-15-10-23-9-14(15)18-16(22)8-21-12(3)5-11(2)19-21/h5-7,14-15H,4,8-10H2,1-3H3,(H,18,22)/t14-,15+/m0/s1. The fraction of sp³-hybridized carbons (Fsp3) is 0.562. The normalized spacial score (nSPS) is 20.3. The monoisotopic (exact) mass is 333 g/mol. The van der Waals surface area contributed by atoms with Crippen molar-refractivity contribution in [3.8, 4) is 5.75 Å². The number of hydrogen-bond acceptors (Lipinski definition) is 5. The molecule has 1 aliphatic heterocycles. The van der Waals surface area contributed by atoms with E-state index in [4.69, 9.17) is 9.47 Å². The summed E-state index contributed by atoms with van der Waals surface area (Å²) < 4.78 is 14.9. The molecule has 2 aromatic rings. The Hall–Kier alpha value is -2.35. The van der Waals surface area contributed by atoms with Crippen LogP contribution in [0.1, 0.15) is 18.3 Å². The second-order valence-electron chi connectivity index (χ2n) is 5.98. The van der Waals surface area contributed by atoms with Crippen molar-refractivity contribution in [1.29, 1.82) is 0 Å². The molecule has 2 atom stereocenters. The topological polar surface area (TPSA) is 83.2 Å². The summed E-state index contributed by atoms with van der Waals surface area (Å²) in [6, 6.07) is 1.77. The van der Waals surface area contributed by atoms with E-state index in [2.05, 4.69) is 15.5 Å². The van der Waals surface area contributed by atoms with Gasteiger partial charge in [-0.1, -0.05) is 0 Å². The number of amides is 1. The second-order valence-corrected chi connectivity index (χ2v) is 5.98. The molecule has 1 saturated heterocycles. The van der Waals surface area contributed by atoms with Crippen LogP contribution >= 0.6 is 0 Å². The fourth-order valence-corrected chi connectivity index (χ4v) is 2.76. The van der Waals surface area contributed by atoms with Gasteiger partial charge in [-0.25, -0.2) is 0 Å². The van der Waals surface area contributed by atoms with Gasteiger partial charge in [0, 0.05) is 12.2 Å². The second kappa shape index (κ2) is 7.04. The maximum Gasteiger partial charge on any atom is 0.242 e. The molecule has 0 bridgehead atoms.